The Labute approximate surface area is 131 Å². The molecule has 0 radical (unpaired) electrons. The van der Waals surface area contributed by atoms with Crippen LogP contribution in [0.5, 0.6) is 0 Å². The van der Waals surface area contributed by atoms with E-state index < -0.39 is 9.84 Å². The molecule has 0 saturated carbocycles. The SMILES string of the molecule is CN(C)c1cccc(CNC(=O)N2CCCS(=O)(=O)CC2)n1. The predicted molar refractivity (Wildman–Crippen MR) is 85.6 cm³/mol. The summed E-state index contributed by atoms with van der Waals surface area (Å²) in [6.07, 6.45) is 0.490. The number of anilines is 1. The third kappa shape index (κ3) is 4.59. The molecule has 1 aromatic heterocycles. The molecule has 1 N–H and O–H groups in total. The van der Waals surface area contributed by atoms with Crippen LogP contribution >= 0.6 is 0 Å². The number of pyridine rings is 1. The van der Waals surface area contributed by atoms with Crippen molar-refractivity contribution < 1.29 is 13.2 Å². The van der Waals surface area contributed by atoms with E-state index in [2.05, 4.69) is 10.3 Å². The lowest BCUT2D eigenvalue weighted by molar-refractivity contribution is 0.201. The van der Waals surface area contributed by atoms with E-state index in [-0.39, 0.29) is 24.1 Å². The van der Waals surface area contributed by atoms with Gasteiger partial charge >= 0.3 is 6.03 Å². The molecule has 2 amide bonds. The zero-order chi connectivity index (χ0) is 16.2. The van der Waals surface area contributed by atoms with Gasteiger partial charge in [0.15, 0.2) is 9.84 Å². The van der Waals surface area contributed by atoms with Gasteiger partial charge in [0.05, 0.1) is 23.7 Å². The first-order valence-corrected chi connectivity index (χ1v) is 9.06. The molecule has 1 aliphatic heterocycles. The molecule has 1 fully saturated rings. The fraction of sp³-hybridized carbons (Fsp3) is 0.571. The molecule has 1 saturated heterocycles. The number of amides is 2. The fourth-order valence-electron chi connectivity index (χ4n) is 2.23. The highest BCUT2D eigenvalue weighted by Gasteiger charge is 2.22. The van der Waals surface area contributed by atoms with Crippen molar-refractivity contribution in [1.29, 1.82) is 0 Å². The van der Waals surface area contributed by atoms with Crippen LogP contribution in [-0.2, 0) is 16.4 Å². The van der Waals surface area contributed by atoms with Crippen LogP contribution in [0.15, 0.2) is 18.2 Å². The van der Waals surface area contributed by atoms with E-state index in [0.29, 0.717) is 19.5 Å². The topological polar surface area (TPSA) is 82.6 Å². The Bertz CT molecular complexity index is 631. The minimum Gasteiger partial charge on any atom is -0.363 e. The number of hydrogen-bond acceptors (Lipinski definition) is 5. The molecule has 122 valence electrons. The molecule has 22 heavy (non-hydrogen) atoms. The lowest BCUT2D eigenvalue weighted by Crippen LogP contribution is -2.41. The van der Waals surface area contributed by atoms with Gasteiger partial charge in [0.2, 0.25) is 0 Å². The zero-order valence-electron chi connectivity index (χ0n) is 12.9. The highest BCUT2D eigenvalue weighted by Crippen LogP contribution is 2.08. The molecule has 0 atom stereocenters. The second kappa shape index (κ2) is 6.95. The first-order valence-electron chi connectivity index (χ1n) is 7.24. The summed E-state index contributed by atoms with van der Waals surface area (Å²) < 4.78 is 23.1. The van der Waals surface area contributed by atoms with Gasteiger partial charge in [-0.15, -0.1) is 0 Å². The van der Waals surface area contributed by atoms with E-state index >= 15 is 0 Å². The summed E-state index contributed by atoms with van der Waals surface area (Å²) in [5.41, 5.74) is 0.766. The van der Waals surface area contributed by atoms with Gasteiger partial charge in [-0.05, 0) is 18.6 Å². The summed E-state index contributed by atoms with van der Waals surface area (Å²) in [4.78, 5) is 20.0. The molecule has 0 aromatic carbocycles. The Kier molecular flexibility index (Phi) is 5.23. The van der Waals surface area contributed by atoms with Gasteiger partial charge in [-0.2, -0.15) is 0 Å². The Morgan fingerprint density at radius 2 is 2.09 bits per heavy atom. The lowest BCUT2D eigenvalue weighted by atomic mass is 10.3. The van der Waals surface area contributed by atoms with Crippen LogP contribution in [0.2, 0.25) is 0 Å². The maximum Gasteiger partial charge on any atom is 0.317 e. The van der Waals surface area contributed by atoms with Gasteiger partial charge in [-0.25, -0.2) is 18.2 Å². The molecule has 2 heterocycles. The second-order valence-electron chi connectivity index (χ2n) is 5.53. The van der Waals surface area contributed by atoms with Crippen molar-refractivity contribution >= 4 is 21.7 Å². The van der Waals surface area contributed by atoms with E-state index in [4.69, 9.17) is 0 Å². The van der Waals surface area contributed by atoms with Crippen molar-refractivity contribution in [2.75, 3.05) is 43.6 Å². The van der Waals surface area contributed by atoms with Crippen LogP contribution < -0.4 is 10.2 Å². The van der Waals surface area contributed by atoms with Gasteiger partial charge in [-0.3, -0.25) is 0 Å². The van der Waals surface area contributed by atoms with Crippen molar-refractivity contribution in [3.63, 3.8) is 0 Å². The van der Waals surface area contributed by atoms with E-state index in [1.54, 1.807) is 4.90 Å². The average molecular weight is 326 g/mol. The molecule has 0 unspecified atom stereocenters. The van der Waals surface area contributed by atoms with E-state index in [1.807, 2.05) is 37.2 Å². The molecule has 2 rings (SSSR count). The van der Waals surface area contributed by atoms with E-state index in [1.165, 1.54) is 0 Å². The minimum atomic E-state index is -3.01. The highest BCUT2D eigenvalue weighted by atomic mass is 32.2. The van der Waals surface area contributed by atoms with Gasteiger partial charge in [-0.1, -0.05) is 6.07 Å². The molecule has 0 bridgehead atoms. The first kappa shape index (κ1) is 16.5. The summed E-state index contributed by atoms with van der Waals surface area (Å²) >= 11 is 0. The molecule has 1 aromatic rings. The second-order valence-corrected chi connectivity index (χ2v) is 7.84. The van der Waals surface area contributed by atoms with Crippen molar-refractivity contribution in [3.05, 3.63) is 23.9 Å². The Hall–Kier alpha value is -1.83. The summed E-state index contributed by atoms with van der Waals surface area (Å²) in [6.45, 7) is 1.04. The van der Waals surface area contributed by atoms with Crippen LogP contribution in [0.4, 0.5) is 10.6 Å². The van der Waals surface area contributed by atoms with Gasteiger partial charge in [0.1, 0.15) is 5.82 Å². The van der Waals surface area contributed by atoms with Gasteiger partial charge in [0, 0.05) is 27.2 Å². The van der Waals surface area contributed by atoms with Crippen molar-refractivity contribution in [2.45, 2.75) is 13.0 Å². The predicted octanol–water partition coefficient (Wildman–Crippen LogP) is 0.478. The smallest absolute Gasteiger partial charge is 0.317 e. The Morgan fingerprint density at radius 1 is 1.32 bits per heavy atom. The number of sulfone groups is 1. The van der Waals surface area contributed by atoms with Crippen LogP contribution in [0.25, 0.3) is 0 Å². The van der Waals surface area contributed by atoms with E-state index in [9.17, 15) is 13.2 Å². The maximum atomic E-state index is 12.1. The fourth-order valence-corrected chi connectivity index (χ4v) is 3.51. The normalized spacial score (nSPS) is 17.6. The Balaban J connectivity index is 1.91. The Morgan fingerprint density at radius 3 is 2.82 bits per heavy atom. The number of hydrogen-bond donors (Lipinski definition) is 1. The van der Waals surface area contributed by atoms with Crippen LogP contribution in [0.3, 0.4) is 0 Å². The first-order chi connectivity index (χ1) is 10.4. The number of urea groups is 1. The van der Waals surface area contributed by atoms with Crippen LogP contribution in [0.1, 0.15) is 12.1 Å². The standard InChI is InChI=1S/C14H22N4O3S/c1-17(2)13-6-3-5-12(16-13)11-15-14(19)18-7-4-9-22(20,21)10-8-18/h3,5-6H,4,7-11H2,1-2H3,(H,15,19). The molecular weight excluding hydrogens is 304 g/mol. The number of rotatable bonds is 3. The molecule has 0 aliphatic carbocycles. The third-order valence-electron chi connectivity index (χ3n) is 3.51. The summed E-state index contributed by atoms with van der Waals surface area (Å²) in [6, 6.07) is 5.39. The number of carbonyl (C=O) groups excluding carboxylic acids is 1. The van der Waals surface area contributed by atoms with Crippen molar-refractivity contribution in [1.82, 2.24) is 15.2 Å². The van der Waals surface area contributed by atoms with Gasteiger partial charge in [0.25, 0.3) is 0 Å². The zero-order valence-corrected chi connectivity index (χ0v) is 13.8. The third-order valence-corrected chi connectivity index (χ3v) is 5.23. The molecule has 1 aliphatic rings. The monoisotopic (exact) mass is 326 g/mol. The number of nitrogens with one attached hydrogen (secondary N) is 1. The van der Waals surface area contributed by atoms with E-state index in [0.717, 1.165) is 11.5 Å². The molecular formula is C14H22N4O3S. The molecule has 8 heteroatoms. The quantitative estimate of drug-likeness (QED) is 0.873. The summed E-state index contributed by atoms with van der Waals surface area (Å²) in [5.74, 6) is 1.02. The minimum absolute atomic E-state index is 0.0365. The highest BCUT2D eigenvalue weighted by molar-refractivity contribution is 7.91. The van der Waals surface area contributed by atoms with Crippen LogP contribution in [-0.4, -0.2) is 63.0 Å². The maximum absolute atomic E-state index is 12.1. The van der Waals surface area contributed by atoms with Crippen molar-refractivity contribution in [2.24, 2.45) is 0 Å². The largest absolute Gasteiger partial charge is 0.363 e. The number of aromatic nitrogens is 1. The average Bonchev–Trinajstić information content (AvgIpc) is 2.66. The molecule has 0 spiro atoms. The molecule has 7 nitrogen and oxygen atoms in total. The van der Waals surface area contributed by atoms with Crippen molar-refractivity contribution in [3.8, 4) is 0 Å². The lowest BCUT2D eigenvalue weighted by Gasteiger charge is -2.20. The number of nitrogens with zero attached hydrogens (tertiary/aromatic N) is 3. The summed E-state index contributed by atoms with van der Waals surface area (Å²) in [5, 5.41) is 2.80. The number of carbonyl (C=O) groups is 1. The van der Waals surface area contributed by atoms with Crippen LogP contribution in [0, 0.1) is 0 Å². The van der Waals surface area contributed by atoms with Gasteiger partial charge < -0.3 is 15.1 Å². The summed E-state index contributed by atoms with van der Waals surface area (Å²) in [7, 11) is 0.803.